The molecule has 0 aromatic heterocycles. The predicted octanol–water partition coefficient (Wildman–Crippen LogP) is 0.775. The highest BCUT2D eigenvalue weighted by molar-refractivity contribution is 5.17. The van der Waals surface area contributed by atoms with Crippen LogP contribution in [0.15, 0.2) is 24.3 Å². The monoisotopic (exact) mass is 141 g/mol. The van der Waals surface area contributed by atoms with Gasteiger partial charge in [0.25, 0.3) is 0 Å². The number of nitrogens with two attached hydrogens (primary N) is 1. The van der Waals surface area contributed by atoms with Gasteiger partial charge in [0.05, 0.1) is 0 Å². The summed E-state index contributed by atoms with van der Waals surface area (Å²) in [5.41, 5.74) is 5.61. The molecule has 3 heteroatoms. The number of hydrogen-bond donors (Lipinski definition) is 2. The minimum Gasteiger partial charge on any atom is -0.375 e. The number of halogens is 1. The molecule has 0 amide bonds. The van der Waals surface area contributed by atoms with Gasteiger partial charge in [-0.05, 0) is 17.7 Å². The van der Waals surface area contributed by atoms with E-state index in [1.165, 1.54) is 24.3 Å². The molecule has 0 bridgehead atoms. The Balaban J connectivity index is 2.89. The van der Waals surface area contributed by atoms with E-state index in [4.69, 9.17) is 10.8 Å². The van der Waals surface area contributed by atoms with Crippen molar-refractivity contribution in [2.75, 3.05) is 0 Å². The molecule has 1 rings (SSSR count). The largest absolute Gasteiger partial charge is 0.375 e. The molecule has 3 N–H and O–H groups in total. The number of rotatable bonds is 1. The number of benzene rings is 1. The fraction of sp³-hybridized carbons (Fsp3) is 0.143. The van der Waals surface area contributed by atoms with Crippen LogP contribution in [-0.2, 0) is 0 Å². The highest BCUT2D eigenvalue weighted by atomic mass is 19.1. The van der Waals surface area contributed by atoms with E-state index in [0.29, 0.717) is 5.56 Å². The first-order valence-corrected chi connectivity index (χ1v) is 2.89. The van der Waals surface area contributed by atoms with Crippen LogP contribution >= 0.6 is 0 Å². The fourth-order valence-corrected chi connectivity index (χ4v) is 0.660. The van der Waals surface area contributed by atoms with Crippen LogP contribution in [0.5, 0.6) is 0 Å². The van der Waals surface area contributed by atoms with Crippen LogP contribution in [-0.4, -0.2) is 5.11 Å². The van der Waals surface area contributed by atoms with Crippen molar-refractivity contribution in [2.45, 2.75) is 6.23 Å². The van der Waals surface area contributed by atoms with Gasteiger partial charge in [0, 0.05) is 0 Å². The molecule has 1 atom stereocenters. The summed E-state index contributed by atoms with van der Waals surface area (Å²) >= 11 is 0. The second-order valence-corrected chi connectivity index (χ2v) is 2.00. The summed E-state index contributed by atoms with van der Waals surface area (Å²) in [6.45, 7) is 0. The van der Waals surface area contributed by atoms with Crippen molar-refractivity contribution >= 4 is 0 Å². The Morgan fingerprint density at radius 2 is 1.80 bits per heavy atom. The zero-order valence-corrected chi connectivity index (χ0v) is 5.29. The van der Waals surface area contributed by atoms with E-state index in [1.807, 2.05) is 0 Å². The van der Waals surface area contributed by atoms with Crippen molar-refractivity contribution in [3.05, 3.63) is 35.6 Å². The Labute approximate surface area is 58.1 Å². The van der Waals surface area contributed by atoms with E-state index in [9.17, 15) is 4.39 Å². The Hall–Kier alpha value is -0.930. The molecule has 0 saturated carbocycles. The van der Waals surface area contributed by atoms with Gasteiger partial charge in [0.2, 0.25) is 0 Å². The Morgan fingerprint density at radius 3 is 2.20 bits per heavy atom. The first kappa shape index (κ1) is 7.18. The van der Waals surface area contributed by atoms with Crippen molar-refractivity contribution in [1.82, 2.24) is 0 Å². The van der Waals surface area contributed by atoms with Gasteiger partial charge in [-0.2, -0.15) is 0 Å². The first-order valence-electron chi connectivity index (χ1n) is 2.89. The Bertz CT molecular complexity index is 207. The lowest BCUT2D eigenvalue weighted by atomic mass is 10.2. The summed E-state index contributed by atoms with van der Waals surface area (Å²) in [4.78, 5) is 0. The van der Waals surface area contributed by atoms with Gasteiger partial charge in [-0.3, -0.25) is 0 Å². The maximum Gasteiger partial charge on any atom is 0.128 e. The van der Waals surface area contributed by atoms with Crippen LogP contribution < -0.4 is 5.73 Å². The maximum absolute atomic E-state index is 12.2. The first-order chi connectivity index (χ1) is 4.70. The van der Waals surface area contributed by atoms with Crippen LogP contribution in [0.2, 0.25) is 0 Å². The predicted molar refractivity (Wildman–Crippen MR) is 35.5 cm³/mol. The molecule has 1 unspecified atom stereocenters. The lowest BCUT2D eigenvalue weighted by Gasteiger charge is -2.02. The van der Waals surface area contributed by atoms with Gasteiger partial charge >= 0.3 is 0 Å². The third kappa shape index (κ3) is 1.52. The summed E-state index contributed by atoms with van der Waals surface area (Å²) in [5, 5.41) is 8.77. The molecule has 10 heavy (non-hydrogen) atoms. The molecular formula is C7H8FNO. The van der Waals surface area contributed by atoms with Gasteiger partial charge in [0.1, 0.15) is 12.0 Å². The number of hydrogen-bond acceptors (Lipinski definition) is 2. The average molecular weight is 141 g/mol. The van der Waals surface area contributed by atoms with Crippen LogP contribution in [0.25, 0.3) is 0 Å². The molecule has 1 aromatic carbocycles. The molecule has 0 spiro atoms. The van der Waals surface area contributed by atoms with Crippen LogP contribution in [0.1, 0.15) is 11.8 Å². The SMILES string of the molecule is NC(O)c1ccc(F)cc1. The third-order valence-corrected chi connectivity index (χ3v) is 1.21. The van der Waals surface area contributed by atoms with E-state index in [2.05, 4.69) is 0 Å². The number of aliphatic hydroxyl groups is 1. The summed E-state index contributed by atoms with van der Waals surface area (Å²) in [5.74, 6) is -0.329. The van der Waals surface area contributed by atoms with Gasteiger partial charge in [-0.15, -0.1) is 0 Å². The molecule has 0 saturated heterocycles. The summed E-state index contributed by atoms with van der Waals surface area (Å²) < 4.78 is 12.2. The molecule has 0 aliphatic carbocycles. The normalized spacial score (nSPS) is 13.1. The number of aliphatic hydroxyl groups excluding tert-OH is 1. The molecule has 54 valence electrons. The molecule has 0 radical (unpaired) electrons. The van der Waals surface area contributed by atoms with Crippen molar-refractivity contribution in [3.8, 4) is 0 Å². The molecule has 0 aliphatic rings. The molecule has 2 nitrogen and oxygen atoms in total. The van der Waals surface area contributed by atoms with Crippen LogP contribution in [0, 0.1) is 5.82 Å². The van der Waals surface area contributed by atoms with Crippen molar-refractivity contribution in [1.29, 1.82) is 0 Å². The van der Waals surface area contributed by atoms with Crippen molar-refractivity contribution < 1.29 is 9.50 Å². The van der Waals surface area contributed by atoms with Crippen LogP contribution in [0.4, 0.5) is 4.39 Å². The lowest BCUT2D eigenvalue weighted by Crippen LogP contribution is -2.07. The van der Waals surface area contributed by atoms with E-state index < -0.39 is 6.23 Å². The smallest absolute Gasteiger partial charge is 0.128 e. The zero-order chi connectivity index (χ0) is 7.56. The van der Waals surface area contributed by atoms with E-state index in [1.54, 1.807) is 0 Å². The molecule has 0 heterocycles. The van der Waals surface area contributed by atoms with Crippen molar-refractivity contribution in [2.24, 2.45) is 5.73 Å². The second kappa shape index (κ2) is 2.77. The van der Waals surface area contributed by atoms with Gasteiger partial charge < -0.3 is 10.8 Å². The van der Waals surface area contributed by atoms with Gasteiger partial charge in [-0.25, -0.2) is 4.39 Å². The van der Waals surface area contributed by atoms with Gasteiger partial charge in [0.15, 0.2) is 0 Å². The minimum atomic E-state index is -1.01. The summed E-state index contributed by atoms with van der Waals surface area (Å²) in [6.07, 6.45) is -1.01. The second-order valence-electron chi connectivity index (χ2n) is 2.00. The quantitative estimate of drug-likeness (QED) is 0.567. The van der Waals surface area contributed by atoms with E-state index in [0.717, 1.165) is 0 Å². The Kier molecular flexibility index (Phi) is 1.99. The summed E-state index contributed by atoms with van der Waals surface area (Å²) in [6, 6.07) is 5.40. The zero-order valence-electron chi connectivity index (χ0n) is 5.29. The van der Waals surface area contributed by atoms with Crippen molar-refractivity contribution in [3.63, 3.8) is 0 Å². The van der Waals surface area contributed by atoms with Crippen LogP contribution in [0.3, 0.4) is 0 Å². The molecular weight excluding hydrogens is 133 g/mol. The topological polar surface area (TPSA) is 46.2 Å². The minimum absolute atomic E-state index is 0.329. The highest BCUT2D eigenvalue weighted by Crippen LogP contribution is 2.07. The standard InChI is InChI=1S/C7H8FNO/c8-6-3-1-5(2-4-6)7(9)10/h1-4,7,10H,9H2. The summed E-state index contributed by atoms with van der Waals surface area (Å²) in [7, 11) is 0. The Morgan fingerprint density at radius 1 is 1.30 bits per heavy atom. The molecule has 1 aromatic rings. The maximum atomic E-state index is 12.2. The fourth-order valence-electron chi connectivity index (χ4n) is 0.660. The van der Waals surface area contributed by atoms with E-state index in [-0.39, 0.29) is 5.82 Å². The van der Waals surface area contributed by atoms with E-state index >= 15 is 0 Å². The molecule has 0 fully saturated rings. The molecule has 0 aliphatic heterocycles. The van der Waals surface area contributed by atoms with Gasteiger partial charge in [-0.1, -0.05) is 12.1 Å². The lowest BCUT2D eigenvalue weighted by molar-refractivity contribution is 0.186. The average Bonchev–Trinajstić information content (AvgIpc) is 1.88. The third-order valence-electron chi connectivity index (χ3n) is 1.21. The highest BCUT2D eigenvalue weighted by Gasteiger charge is 1.98.